The monoisotopic (exact) mass is 306 g/mol. The lowest BCUT2D eigenvalue weighted by atomic mass is 9.44. The van der Waals surface area contributed by atoms with Crippen LogP contribution < -0.4 is 0 Å². The van der Waals surface area contributed by atoms with E-state index in [-0.39, 0.29) is 23.0 Å². The minimum atomic E-state index is -0.391. The molecule has 0 unspecified atom stereocenters. The van der Waals surface area contributed by atoms with Crippen molar-refractivity contribution < 1.29 is 9.84 Å². The van der Waals surface area contributed by atoms with Crippen LogP contribution in [0.3, 0.4) is 0 Å². The van der Waals surface area contributed by atoms with Gasteiger partial charge in [-0.3, -0.25) is 0 Å². The smallest absolute Gasteiger partial charge is 0.0864 e. The molecule has 6 atom stereocenters. The fourth-order valence-electron chi connectivity index (χ4n) is 6.74. The van der Waals surface area contributed by atoms with E-state index in [1.807, 2.05) is 6.08 Å². The second-order valence-electron chi connectivity index (χ2n) is 9.62. The molecule has 0 spiro atoms. The Bertz CT molecular complexity index is 470. The van der Waals surface area contributed by atoms with Crippen LogP contribution in [-0.2, 0) is 4.74 Å². The average molecular weight is 306 g/mol. The quantitative estimate of drug-likeness (QED) is 0.711. The van der Waals surface area contributed by atoms with Gasteiger partial charge >= 0.3 is 0 Å². The van der Waals surface area contributed by atoms with Gasteiger partial charge in [-0.15, -0.1) is 6.58 Å². The lowest BCUT2D eigenvalue weighted by molar-refractivity contribution is -0.283. The summed E-state index contributed by atoms with van der Waals surface area (Å²) in [5.74, 6) is 0.935. The zero-order valence-electron chi connectivity index (χ0n) is 15.1. The first-order chi connectivity index (χ1) is 10.1. The lowest BCUT2D eigenvalue weighted by Crippen LogP contribution is -2.66. The van der Waals surface area contributed by atoms with Gasteiger partial charge in [-0.2, -0.15) is 0 Å². The molecule has 1 N–H and O–H groups in total. The average Bonchev–Trinajstić information content (AvgIpc) is 2.35. The highest BCUT2D eigenvalue weighted by Gasteiger charge is 2.63. The summed E-state index contributed by atoms with van der Waals surface area (Å²) in [4.78, 5) is 0. The molecular weight excluding hydrogens is 272 g/mol. The third-order valence-electron chi connectivity index (χ3n) is 7.47. The van der Waals surface area contributed by atoms with E-state index in [4.69, 9.17) is 4.74 Å². The first-order valence-corrected chi connectivity index (χ1v) is 9.08. The summed E-state index contributed by atoms with van der Waals surface area (Å²) in [6, 6.07) is 0. The molecule has 2 heteroatoms. The van der Waals surface area contributed by atoms with E-state index < -0.39 is 5.60 Å². The van der Waals surface area contributed by atoms with Crippen molar-refractivity contribution in [2.24, 2.45) is 22.7 Å². The standard InChI is InChI=1S/C20H34O2/c1-7-18(4)13-14(21)16-19(5)11-8-10-17(2,3)15(19)9-12-20(16,6)22-18/h7,14-16,21H,1,8-13H2,2-6H3/t14-,15-,16+,18-,19-,20+/m0/s1. The largest absolute Gasteiger partial charge is 0.393 e. The molecule has 3 fully saturated rings. The molecule has 2 nitrogen and oxygen atoms in total. The number of hydrogen-bond acceptors (Lipinski definition) is 2. The van der Waals surface area contributed by atoms with Crippen LogP contribution in [-0.4, -0.2) is 22.4 Å². The van der Waals surface area contributed by atoms with Crippen molar-refractivity contribution in [1.29, 1.82) is 0 Å². The number of aliphatic hydroxyl groups is 1. The Morgan fingerprint density at radius 3 is 2.41 bits per heavy atom. The second kappa shape index (κ2) is 4.83. The van der Waals surface area contributed by atoms with Gasteiger partial charge in [0.15, 0.2) is 0 Å². The van der Waals surface area contributed by atoms with Crippen LogP contribution in [0.15, 0.2) is 12.7 Å². The van der Waals surface area contributed by atoms with Crippen molar-refractivity contribution in [3.63, 3.8) is 0 Å². The minimum Gasteiger partial charge on any atom is -0.393 e. The van der Waals surface area contributed by atoms with E-state index in [9.17, 15) is 5.11 Å². The normalized spacial score (nSPS) is 54.2. The fourth-order valence-corrected chi connectivity index (χ4v) is 6.74. The number of hydrogen-bond donors (Lipinski definition) is 1. The molecule has 1 saturated heterocycles. The number of aliphatic hydroxyl groups excluding tert-OH is 1. The highest BCUT2D eigenvalue weighted by Crippen LogP contribution is 2.65. The number of rotatable bonds is 1. The Hall–Kier alpha value is -0.340. The van der Waals surface area contributed by atoms with Crippen LogP contribution in [0.1, 0.15) is 73.1 Å². The van der Waals surface area contributed by atoms with Crippen LogP contribution in [0.25, 0.3) is 0 Å². The molecule has 22 heavy (non-hydrogen) atoms. The van der Waals surface area contributed by atoms with E-state index in [0.29, 0.717) is 17.8 Å². The van der Waals surface area contributed by atoms with E-state index in [1.54, 1.807) is 0 Å². The van der Waals surface area contributed by atoms with Crippen LogP contribution in [0, 0.1) is 22.7 Å². The Balaban J connectivity index is 2.01. The van der Waals surface area contributed by atoms with Gasteiger partial charge in [0, 0.05) is 12.3 Å². The van der Waals surface area contributed by atoms with Crippen molar-refractivity contribution in [1.82, 2.24) is 0 Å². The highest BCUT2D eigenvalue weighted by molar-refractivity contribution is 5.15. The third kappa shape index (κ3) is 2.21. The summed E-state index contributed by atoms with van der Waals surface area (Å²) >= 11 is 0. The zero-order valence-corrected chi connectivity index (χ0v) is 15.1. The van der Waals surface area contributed by atoms with Crippen molar-refractivity contribution in [2.75, 3.05) is 0 Å². The van der Waals surface area contributed by atoms with Crippen molar-refractivity contribution in [3.05, 3.63) is 12.7 Å². The van der Waals surface area contributed by atoms with Crippen LogP contribution in [0.4, 0.5) is 0 Å². The lowest BCUT2D eigenvalue weighted by Gasteiger charge is -2.66. The van der Waals surface area contributed by atoms with Gasteiger partial charge in [0.25, 0.3) is 0 Å². The number of fused-ring (bicyclic) bond motifs is 3. The molecule has 0 aromatic heterocycles. The Morgan fingerprint density at radius 1 is 1.09 bits per heavy atom. The molecule has 0 aromatic carbocycles. The maximum atomic E-state index is 11.1. The molecule has 126 valence electrons. The van der Waals surface area contributed by atoms with Crippen molar-refractivity contribution in [3.8, 4) is 0 Å². The Morgan fingerprint density at radius 2 is 1.77 bits per heavy atom. The molecule has 0 bridgehead atoms. The molecule has 0 amide bonds. The Kier molecular flexibility index (Phi) is 3.63. The fraction of sp³-hybridized carbons (Fsp3) is 0.900. The summed E-state index contributed by atoms with van der Waals surface area (Å²) in [6.07, 6.45) is 8.38. The topological polar surface area (TPSA) is 29.5 Å². The predicted molar refractivity (Wildman–Crippen MR) is 90.7 cm³/mol. The molecule has 0 radical (unpaired) electrons. The first kappa shape index (κ1) is 16.5. The molecule has 2 aliphatic carbocycles. The summed E-state index contributed by atoms with van der Waals surface area (Å²) in [6.45, 7) is 15.6. The van der Waals surface area contributed by atoms with Crippen LogP contribution in [0.2, 0.25) is 0 Å². The maximum absolute atomic E-state index is 11.1. The summed E-state index contributed by atoms with van der Waals surface area (Å²) in [5, 5.41) is 11.1. The van der Waals surface area contributed by atoms with Gasteiger partial charge in [0.2, 0.25) is 0 Å². The SMILES string of the molecule is C=C[C@@]1(C)C[C@H](O)[C@@H]2[C@@]3(C)CCCC(C)(C)[C@@H]3CC[C@@]2(C)O1. The van der Waals surface area contributed by atoms with E-state index in [2.05, 4.69) is 41.2 Å². The minimum absolute atomic E-state index is 0.191. The van der Waals surface area contributed by atoms with Gasteiger partial charge in [0.05, 0.1) is 17.3 Å². The molecule has 3 rings (SSSR count). The van der Waals surface area contributed by atoms with E-state index in [1.165, 1.54) is 25.7 Å². The van der Waals surface area contributed by atoms with E-state index >= 15 is 0 Å². The second-order valence-corrected chi connectivity index (χ2v) is 9.62. The molecule has 1 aliphatic heterocycles. The Labute approximate surface area is 136 Å². The third-order valence-corrected chi connectivity index (χ3v) is 7.47. The summed E-state index contributed by atoms with van der Waals surface area (Å²) < 4.78 is 6.59. The summed E-state index contributed by atoms with van der Waals surface area (Å²) in [7, 11) is 0. The first-order valence-electron chi connectivity index (χ1n) is 9.08. The van der Waals surface area contributed by atoms with Gasteiger partial charge in [-0.05, 0) is 56.3 Å². The summed E-state index contributed by atoms with van der Waals surface area (Å²) in [5.41, 5.74) is -0.0404. The van der Waals surface area contributed by atoms with Crippen LogP contribution in [0.5, 0.6) is 0 Å². The van der Waals surface area contributed by atoms with Gasteiger partial charge in [0.1, 0.15) is 0 Å². The van der Waals surface area contributed by atoms with Gasteiger partial charge < -0.3 is 9.84 Å². The highest BCUT2D eigenvalue weighted by atomic mass is 16.5. The van der Waals surface area contributed by atoms with Crippen molar-refractivity contribution in [2.45, 2.75) is 90.4 Å². The molecule has 1 heterocycles. The maximum Gasteiger partial charge on any atom is 0.0864 e. The van der Waals surface area contributed by atoms with Crippen LogP contribution >= 0.6 is 0 Å². The zero-order chi connectivity index (χ0) is 16.4. The molecule has 2 saturated carbocycles. The molecule has 0 aromatic rings. The van der Waals surface area contributed by atoms with E-state index in [0.717, 1.165) is 6.42 Å². The number of ether oxygens (including phenoxy) is 1. The molecule has 3 aliphatic rings. The van der Waals surface area contributed by atoms with Gasteiger partial charge in [-0.25, -0.2) is 0 Å². The van der Waals surface area contributed by atoms with Gasteiger partial charge in [-0.1, -0.05) is 33.3 Å². The molecular formula is C20H34O2. The predicted octanol–water partition coefficient (Wildman–Crippen LogP) is 4.71. The van der Waals surface area contributed by atoms with Crippen molar-refractivity contribution >= 4 is 0 Å².